The van der Waals surface area contributed by atoms with Gasteiger partial charge in [0.15, 0.2) is 9.75 Å². The second kappa shape index (κ2) is 10.7. The number of carboxylic acids is 1. The number of nitrogens with zero attached hydrogens (tertiary/aromatic N) is 2. The third kappa shape index (κ3) is 4.19. The fourth-order valence-corrected chi connectivity index (χ4v) is 8.15. The third-order valence-electron chi connectivity index (χ3n) is 8.45. The number of carbonyl (C=O) groups excluding carboxylic acids is 4. The molecule has 1 aromatic rings. The quantitative estimate of drug-likeness (QED) is 0.179. The molecule has 2 heterocycles. The number of aliphatic carboxylic acids is 1. The molecule has 0 spiro atoms. The van der Waals surface area contributed by atoms with Crippen molar-refractivity contribution in [3.05, 3.63) is 41.5 Å². The molecule has 0 radical (unpaired) electrons. The second-order valence-corrected chi connectivity index (χ2v) is 12.2. The molecule has 2 aliphatic carbocycles. The van der Waals surface area contributed by atoms with Crippen molar-refractivity contribution in [3.63, 3.8) is 0 Å². The largest absolute Gasteiger partial charge is 0.491 e. The summed E-state index contributed by atoms with van der Waals surface area (Å²) in [5, 5.41) is 18.1. The summed E-state index contributed by atoms with van der Waals surface area (Å²) in [5.74, 6) is -5.70. The standard InChI is InChI=1S/C27H27BrCl2N2O8/c28-13-32-24(38)26(29)12-18-16(7-8-17-20(18)23(37)31(22(17)36)9-1-2-19(34)35)21(27(26,30)25(32)39)14-3-5-15(6-4-14)40-11-10-33/h3-7,17-18,20-21,33H,1-2,8-13H2,(H,34,35)/t17-,18+,20-,21-,26+,27-/m0/s1. The van der Waals surface area contributed by atoms with E-state index < -0.39 is 57.1 Å². The van der Waals surface area contributed by atoms with Gasteiger partial charge in [0.1, 0.15) is 12.4 Å². The Morgan fingerprint density at radius 1 is 1.05 bits per heavy atom. The molecule has 10 nitrogen and oxygen atoms in total. The molecule has 40 heavy (non-hydrogen) atoms. The Morgan fingerprint density at radius 3 is 2.38 bits per heavy atom. The lowest BCUT2D eigenvalue weighted by atomic mass is 9.56. The summed E-state index contributed by atoms with van der Waals surface area (Å²) < 4.78 is 5.47. The van der Waals surface area contributed by atoms with Gasteiger partial charge in [0.05, 0.1) is 23.9 Å². The minimum absolute atomic E-state index is 0.0159. The number of amides is 4. The number of carboxylic acid groups (broad SMARTS) is 1. The van der Waals surface area contributed by atoms with Gasteiger partial charge in [-0.1, -0.05) is 39.7 Å². The molecule has 6 atom stereocenters. The Morgan fingerprint density at radius 2 is 1.75 bits per heavy atom. The number of allylic oxidation sites excluding steroid dienone is 2. The van der Waals surface area contributed by atoms with Gasteiger partial charge in [0, 0.05) is 18.9 Å². The van der Waals surface area contributed by atoms with E-state index in [4.69, 9.17) is 38.2 Å². The van der Waals surface area contributed by atoms with Gasteiger partial charge >= 0.3 is 5.97 Å². The average molecular weight is 658 g/mol. The number of aliphatic hydroxyl groups excluding tert-OH is 1. The minimum Gasteiger partial charge on any atom is -0.491 e. The van der Waals surface area contributed by atoms with Crippen molar-refractivity contribution < 1.29 is 38.9 Å². The third-order valence-corrected chi connectivity index (χ3v) is 10.4. The smallest absolute Gasteiger partial charge is 0.303 e. The summed E-state index contributed by atoms with van der Waals surface area (Å²) in [6.45, 7) is -0.0896. The van der Waals surface area contributed by atoms with E-state index in [1.165, 1.54) is 0 Å². The Bertz CT molecular complexity index is 1310. The first-order valence-electron chi connectivity index (χ1n) is 12.9. The van der Waals surface area contributed by atoms with Gasteiger partial charge in [-0.2, -0.15) is 0 Å². The zero-order chi connectivity index (χ0) is 29.0. The maximum atomic E-state index is 13.7. The molecule has 1 saturated carbocycles. The SMILES string of the molecule is O=C(O)CCCN1C(=O)[C@H]2[C@H](CC=C3[C@H]2C[C@@]2(Cl)C(=O)N(CBr)C(=O)[C@@]2(Cl)[C@H]3c2ccc(OCCO)cc2)C1=O. The van der Waals surface area contributed by atoms with Gasteiger partial charge < -0.3 is 14.9 Å². The molecule has 0 unspecified atom stereocenters. The first-order chi connectivity index (χ1) is 19.0. The normalized spacial score (nSPS) is 33.0. The highest BCUT2D eigenvalue weighted by Gasteiger charge is 2.76. The van der Waals surface area contributed by atoms with Crippen molar-refractivity contribution in [2.45, 2.75) is 41.3 Å². The predicted octanol–water partition coefficient (Wildman–Crippen LogP) is 2.63. The van der Waals surface area contributed by atoms with E-state index in [1.54, 1.807) is 24.3 Å². The van der Waals surface area contributed by atoms with Gasteiger partial charge in [-0.3, -0.25) is 33.8 Å². The van der Waals surface area contributed by atoms with Gasteiger partial charge in [0.25, 0.3) is 11.8 Å². The van der Waals surface area contributed by atoms with E-state index in [1.807, 2.05) is 6.08 Å². The molecule has 0 aromatic heterocycles. The molecule has 2 saturated heterocycles. The van der Waals surface area contributed by atoms with Crippen LogP contribution in [0.25, 0.3) is 0 Å². The Kier molecular flexibility index (Phi) is 7.80. The second-order valence-electron chi connectivity index (χ2n) is 10.5. The molecule has 5 rings (SSSR count). The van der Waals surface area contributed by atoms with E-state index in [0.29, 0.717) is 16.9 Å². The minimum atomic E-state index is -1.89. The number of alkyl halides is 3. The van der Waals surface area contributed by atoms with Crippen LogP contribution in [0, 0.1) is 17.8 Å². The first kappa shape index (κ1) is 29.0. The molecular weight excluding hydrogens is 631 g/mol. The molecular formula is C27H27BrCl2N2O8. The highest BCUT2D eigenvalue weighted by atomic mass is 79.9. The average Bonchev–Trinajstić information content (AvgIpc) is 3.25. The summed E-state index contributed by atoms with van der Waals surface area (Å²) in [7, 11) is 0. The maximum absolute atomic E-state index is 13.7. The zero-order valence-electron chi connectivity index (χ0n) is 21.2. The number of likely N-dealkylation sites (tertiary alicyclic amines) is 2. The molecule has 2 N–H and O–H groups in total. The topological polar surface area (TPSA) is 142 Å². The van der Waals surface area contributed by atoms with Crippen LogP contribution in [0.3, 0.4) is 0 Å². The molecule has 2 aliphatic heterocycles. The van der Waals surface area contributed by atoms with Crippen LogP contribution >= 0.6 is 39.1 Å². The highest BCUT2D eigenvalue weighted by molar-refractivity contribution is 9.09. The molecule has 3 fully saturated rings. The number of carbonyl (C=O) groups is 5. The number of rotatable bonds is 9. The molecule has 1 aromatic carbocycles. The molecule has 214 valence electrons. The number of hydrogen-bond donors (Lipinski definition) is 2. The van der Waals surface area contributed by atoms with Crippen LogP contribution < -0.4 is 4.74 Å². The highest BCUT2D eigenvalue weighted by Crippen LogP contribution is 2.65. The predicted molar refractivity (Wildman–Crippen MR) is 146 cm³/mol. The van der Waals surface area contributed by atoms with Crippen LogP contribution in [0.15, 0.2) is 35.9 Å². The summed E-state index contributed by atoms with van der Waals surface area (Å²) in [4.78, 5) is 63.6. The number of benzene rings is 1. The number of fused-ring (bicyclic) bond motifs is 4. The van der Waals surface area contributed by atoms with Crippen molar-refractivity contribution in [1.29, 1.82) is 0 Å². The van der Waals surface area contributed by atoms with Crippen LogP contribution in [0.1, 0.15) is 37.2 Å². The van der Waals surface area contributed by atoms with E-state index in [-0.39, 0.29) is 56.8 Å². The van der Waals surface area contributed by atoms with Crippen molar-refractivity contribution in [2.75, 3.05) is 25.2 Å². The van der Waals surface area contributed by atoms with Crippen LogP contribution in [0.2, 0.25) is 0 Å². The van der Waals surface area contributed by atoms with E-state index in [9.17, 15) is 24.0 Å². The molecule has 13 heteroatoms. The number of halogens is 3. The molecule has 4 aliphatic rings. The van der Waals surface area contributed by atoms with E-state index >= 15 is 0 Å². The van der Waals surface area contributed by atoms with E-state index in [0.717, 1.165) is 9.80 Å². The van der Waals surface area contributed by atoms with E-state index in [2.05, 4.69) is 15.9 Å². The molecule has 4 amide bonds. The van der Waals surface area contributed by atoms with Crippen molar-refractivity contribution in [2.24, 2.45) is 17.8 Å². The zero-order valence-corrected chi connectivity index (χ0v) is 24.3. The maximum Gasteiger partial charge on any atom is 0.303 e. The fourth-order valence-electron chi connectivity index (χ4n) is 6.72. The number of hydrogen-bond acceptors (Lipinski definition) is 7. The van der Waals surface area contributed by atoms with Crippen molar-refractivity contribution in [1.82, 2.24) is 9.80 Å². The van der Waals surface area contributed by atoms with Crippen LogP contribution in [0.4, 0.5) is 0 Å². The lowest BCUT2D eigenvalue weighted by Gasteiger charge is -2.50. The lowest BCUT2D eigenvalue weighted by Crippen LogP contribution is -2.60. The number of imide groups is 2. The van der Waals surface area contributed by atoms with Gasteiger partial charge in [-0.15, -0.1) is 23.2 Å². The van der Waals surface area contributed by atoms with Crippen molar-refractivity contribution >= 4 is 68.7 Å². The summed E-state index contributed by atoms with van der Waals surface area (Å²) in [5.41, 5.74) is 1.14. The fraction of sp³-hybridized carbons (Fsp3) is 0.519. The Balaban J connectivity index is 1.58. The Labute approximate surface area is 248 Å². The monoisotopic (exact) mass is 656 g/mol. The number of ether oxygens (including phenoxy) is 1. The number of aliphatic hydroxyl groups is 1. The van der Waals surface area contributed by atoms with Crippen LogP contribution in [-0.4, -0.2) is 84.6 Å². The van der Waals surface area contributed by atoms with Crippen molar-refractivity contribution in [3.8, 4) is 5.75 Å². The Hall–Kier alpha value is -2.47. The lowest BCUT2D eigenvalue weighted by molar-refractivity contribution is -0.142. The summed E-state index contributed by atoms with van der Waals surface area (Å²) >= 11 is 17.5. The van der Waals surface area contributed by atoms with Gasteiger partial charge in [0.2, 0.25) is 11.8 Å². The van der Waals surface area contributed by atoms with Crippen LogP contribution in [-0.2, 0) is 24.0 Å². The summed E-state index contributed by atoms with van der Waals surface area (Å²) in [6.07, 6.45) is 1.90. The van der Waals surface area contributed by atoms with Gasteiger partial charge in [-0.25, -0.2) is 0 Å². The molecule has 0 bridgehead atoms. The first-order valence-corrected chi connectivity index (χ1v) is 14.8. The summed E-state index contributed by atoms with van der Waals surface area (Å²) in [6, 6.07) is 6.74. The van der Waals surface area contributed by atoms with Gasteiger partial charge in [-0.05, 0) is 42.9 Å². The van der Waals surface area contributed by atoms with Crippen LogP contribution in [0.5, 0.6) is 5.75 Å².